The van der Waals surface area contributed by atoms with Gasteiger partial charge in [0.15, 0.2) is 0 Å². The largest absolute Gasteiger partial charge is 0.497 e. The van der Waals surface area contributed by atoms with E-state index in [-0.39, 0.29) is 23.4 Å². The van der Waals surface area contributed by atoms with E-state index >= 15 is 0 Å². The van der Waals surface area contributed by atoms with E-state index in [2.05, 4.69) is 17.4 Å². The number of methoxy groups -OCH3 is 1. The Hall–Kier alpha value is -4.10. The van der Waals surface area contributed by atoms with Gasteiger partial charge in [-0.25, -0.2) is 8.42 Å². The van der Waals surface area contributed by atoms with E-state index in [0.717, 1.165) is 18.4 Å². The number of sulfonamides is 1. The number of benzene rings is 4. The molecule has 0 aliphatic carbocycles. The molecule has 0 radical (unpaired) electrons. The molecule has 196 valence electrons. The van der Waals surface area contributed by atoms with E-state index in [1.54, 1.807) is 36.4 Å². The van der Waals surface area contributed by atoms with Crippen molar-refractivity contribution in [3.63, 3.8) is 0 Å². The van der Waals surface area contributed by atoms with E-state index in [4.69, 9.17) is 4.74 Å². The summed E-state index contributed by atoms with van der Waals surface area (Å²) in [5.41, 5.74) is 2.62. The molecule has 0 fully saturated rings. The highest BCUT2D eigenvalue weighted by Crippen LogP contribution is 2.30. The minimum atomic E-state index is -4.01. The molecule has 0 aromatic heterocycles. The number of hydrogen-bond donors (Lipinski definition) is 1. The third-order valence-electron chi connectivity index (χ3n) is 6.32. The molecule has 7 heteroatoms. The Morgan fingerprint density at radius 2 is 1.39 bits per heavy atom. The van der Waals surface area contributed by atoms with Crippen molar-refractivity contribution in [2.24, 2.45) is 0 Å². The van der Waals surface area contributed by atoms with E-state index in [9.17, 15) is 13.2 Å². The number of nitrogens with zero attached hydrogens (tertiary/aromatic N) is 1. The summed E-state index contributed by atoms with van der Waals surface area (Å²) in [7, 11) is -2.48. The lowest BCUT2D eigenvalue weighted by Gasteiger charge is -2.27. The molecule has 4 rings (SSSR count). The molecule has 38 heavy (non-hydrogen) atoms. The molecule has 0 bridgehead atoms. The van der Waals surface area contributed by atoms with Crippen LogP contribution in [0.4, 0.5) is 5.69 Å². The molecular weight excluding hydrogens is 496 g/mol. The summed E-state index contributed by atoms with van der Waals surface area (Å²) in [5.74, 6) is 0.243. The van der Waals surface area contributed by atoms with Gasteiger partial charge in [-0.1, -0.05) is 72.8 Å². The Labute approximate surface area is 225 Å². The van der Waals surface area contributed by atoms with Crippen LogP contribution in [0.2, 0.25) is 0 Å². The number of carbonyl (C=O) groups is 1. The number of hydrogen-bond acceptors (Lipinski definition) is 4. The minimum Gasteiger partial charge on any atom is -0.497 e. The Morgan fingerprint density at radius 1 is 0.816 bits per heavy atom. The zero-order chi connectivity index (χ0) is 27.0. The average molecular weight is 529 g/mol. The molecule has 0 saturated heterocycles. The van der Waals surface area contributed by atoms with Gasteiger partial charge in [0.05, 0.1) is 29.8 Å². The van der Waals surface area contributed by atoms with Gasteiger partial charge in [-0.3, -0.25) is 9.10 Å². The van der Waals surface area contributed by atoms with Crippen LogP contribution in [-0.2, 0) is 23.0 Å². The van der Waals surface area contributed by atoms with Crippen LogP contribution in [-0.4, -0.2) is 27.5 Å². The smallest absolute Gasteiger partial charge is 0.264 e. The van der Waals surface area contributed by atoms with Crippen LogP contribution in [0, 0.1) is 0 Å². The highest BCUT2D eigenvalue weighted by Gasteiger charge is 2.29. The predicted molar refractivity (Wildman–Crippen MR) is 151 cm³/mol. The minimum absolute atomic E-state index is 0.0725. The van der Waals surface area contributed by atoms with Gasteiger partial charge >= 0.3 is 0 Å². The molecule has 0 unspecified atom stereocenters. The highest BCUT2D eigenvalue weighted by atomic mass is 32.2. The summed E-state index contributed by atoms with van der Waals surface area (Å²) in [6.07, 6.45) is 1.59. The fraction of sp³-hybridized carbons (Fsp3) is 0.194. The SMILES string of the molecule is COc1ccc(S(=O)(=O)N(Cc2ccccc2)c2ccccc2C(=O)N[C@@H](C)CCc2ccccc2)cc1. The summed E-state index contributed by atoms with van der Waals surface area (Å²) in [6, 6.07) is 32.4. The summed E-state index contributed by atoms with van der Waals surface area (Å²) >= 11 is 0. The molecular formula is C31H32N2O4S. The Kier molecular flexibility index (Phi) is 8.81. The second kappa shape index (κ2) is 12.4. The van der Waals surface area contributed by atoms with Crippen molar-refractivity contribution in [2.75, 3.05) is 11.4 Å². The number of ether oxygens (including phenoxy) is 1. The molecule has 4 aromatic carbocycles. The van der Waals surface area contributed by atoms with Gasteiger partial charge in [0, 0.05) is 6.04 Å². The van der Waals surface area contributed by atoms with E-state index < -0.39 is 10.0 Å². The average Bonchev–Trinajstić information content (AvgIpc) is 2.96. The van der Waals surface area contributed by atoms with Crippen molar-refractivity contribution in [1.82, 2.24) is 5.32 Å². The van der Waals surface area contributed by atoms with Crippen molar-refractivity contribution in [1.29, 1.82) is 0 Å². The standard InChI is InChI=1S/C31H32N2O4S/c1-24(17-18-25-11-5-3-6-12-25)32-31(34)29-15-9-10-16-30(29)33(23-26-13-7-4-8-14-26)38(35,36)28-21-19-27(37-2)20-22-28/h3-16,19-22,24H,17-18,23H2,1-2H3,(H,32,34)/t24-/m0/s1. The van der Waals surface area contributed by atoms with Crippen molar-refractivity contribution in [3.05, 3.63) is 126 Å². The molecule has 0 aliphatic heterocycles. The molecule has 0 aliphatic rings. The third-order valence-corrected chi connectivity index (χ3v) is 8.09. The number of rotatable bonds is 11. The fourth-order valence-corrected chi connectivity index (χ4v) is 5.68. The van der Waals surface area contributed by atoms with Gasteiger partial charge in [-0.2, -0.15) is 0 Å². The van der Waals surface area contributed by atoms with Crippen LogP contribution in [0.3, 0.4) is 0 Å². The lowest BCUT2D eigenvalue weighted by Crippen LogP contribution is -2.36. The zero-order valence-electron chi connectivity index (χ0n) is 21.6. The van der Waals surface area contributed by atoms with Gasteiger partial charge in [-0.15, -0.1) is 0 Å². The maximum Gasteiger partial charge on any atom is 0.264 e. The molecule has 4 aromatic rings. The summed E-state index contributed by atoms with van der Waals surface area (Å²) in [5, 5.41) is 3.05. The first-order valence-electron chi connectivity index (χ1n) is 12.5. The summed E-state index contributed by atoms with van der Waals surface area (Å²) in [4.78, 5) is 13.6. The molecule has 0 spiro atoms. The predicted octanol–water partition coefficient (Wildman–Crippen LogP) is 5.84. The normalized spacial score (nSPS) is 11.9. The van der Waals surface area contributed by atoms with Crippen LogP contribution in [0.1, 0.15) is 34.8 Å². The Morgan fingerprint density at radius 3 is 2.03 bits per heavy atom. The van der Waals surface area contributed by atoms with E-state index in [1.807, 2.05) is 55.5 Å². The quantitative estimate of drug-likeness (QED) is 0.265. The van der Waals surface area contributed by atoms with Crippen LogP contribution in [0.5, 0.6) is 5.75 Å². The first kappa shape index (κ1) is 26.9. The number of para-hydroxylation sites is 1. The fourth-order valence-electron chi connectivity index (χ4n) is 4.21. The first-order valence-corrected chi connectivity index (χ1v) is 14.0. The van der Waals surface area contributed by atoms with Gasteiger partial charge in [0.2, 0.25) is 0 Å². The number of carbonyl (C=O) groups excluding carboxylic acids is 1. The van der Waals surface area contributed by atoms with E-state index in [0.29, 0.717) is 17.0 Å². The van der Waals surface area contributed by atoms with Gasteiger partial charge in [0.1, 0.15) is 5.75 Å². The van der Waals surface area contributed by atoms with Crippen LogP contribution < -0.4 is 14.4 Å². The second-order valence-corrected chi connectivity index (χ2v) is 11.0. The number of aryl methyl sites for hydroxylation is 1. The maximum atomic E-state index is 13.9. The molecule has 1 N–H and O–H groups in total. The van der Waals surface area contributed by atoms with Gasteiger partial charge in [-0.05, 0) is 67.3 Å². The van der Waals surface area contributed by atoms with Crippen LogP contribution >= 0.6 is 0 Å². The van der Waals surface area contributed by atoms with Crippen LogP contribution in [0.15, 0.2) is 114 Å². The molecule has 1 amide bonds. The lowest BCUT2D eigenvalue weighted by atomic mass is 10.1. The molecule has 6 nitrogen and oxygen atoms in total. The highest BCUT2D eigenvalue weighted by molar-refractivity contribution is 7.92. The maximum absolute atomic E-state index is 13.9. The van der Waals surface area contributed by atoms with Crippen molar-refractivity contribution in [3.8, 4) is 5.75 Å². The van der Waals surface area contributed by atoms with Gasteiger partial charge < -0.3 is 10.1 Å². The monoisotopic (exact) mass is 528 g/mol. The summed E-state index contributed by atoms with van der Waals surface area (Å²) < 4.78 is 34.4. The molecule has 1 atom stereocenters. The Balaban J connectivity index is 1.64. The summed E-state index contributed by atoms with van der Waals surface area (Å²) in [6.45, 7) is 2.03. The van der Waals surface area contributed by atoms with Crippen molar-refractivity contribution in [2.45, 2.75) is 37.2 Å². The van der Waals surface area contributed by atoms with Crippen molar-refractivity contribution >= 4 is 21.6 Å². The van der Waals surface area contributed by atoms with E-state index in [1.165, 1.54) is 29.1 Å². The van der Waals surface area contributed by atoms with Gasteiger partial charge in [0.25, 0.3) is 15.9 Å². The zero-order valence-corrected chi connectivity index (χ0v) is 22.4. The number of amides is 1. The van der Waals surface area contributed by atoms with Crippen LogP contribution in [0.25, 0.3) is 0 Å². The Bertz CT molecular complexity index is 1440. The second-order valence-electron chi connectivity index (χ2n) is 9.09. The topological polar surface area (TPSA) is 75.7 Å². The third kappa shape index (κ3) is 6.61. The molecule has 0 heterocycles. The van der Waals surface area contributed by atoms with Crippen molar-refractivity contribution < 1.29 is 17.9 Å². The molecule has 0 saturated carbocycles. The lowest BCUT2D eigenvalue weighted by molar-refractivity contribution is 0.0939. The first-order chi connectivity index (χ1) is 18.4. The number of nitrogens with one attached hydrogen (secondary N) is 1. The number of anilines is 1.